The highest BCUT2D eigenvalue weighted by atomic mass is 16.4. The Hall–Kier alpha value is -2.63. The van der Waals surface area contributed by atoms with Crippen LogP contribution in [0.3, 0.4) is 0 Å². The SMILES string of the molecule is CC(C)(C)NC(=O)c1cccc(NC(=O)[C@@H]2CC=CC[C@H]2C(=O)O)c1. The van der Waals surface area contributed by atoms with Gasteiger partial charge in [0.2, 0.25) is 5.91 Å². The molecule has 0 saturated carbocycles. The topological polar surface area (TPSA) is 95.5 Å². The third-order valence-electron chi connectivity index (χ3n) is 3.97. The van der Waals surface area contributed by atoms with E-state index >= 15 is 0 Å². The molecule has 0 unspecified atom stereocenters. The highest BCUT2D eigenvalue weighted by Crippen LogP contribution is 2.27. The fourth-order valence-corrected chi connectivity index (χ4v) is 2.76. The largest absolute Gasteiger partial charge is 0.481 e. The lowest BCUT2D eigenvalue weighted by atomic mass is 9.82. The Morgan fingerprint density at radius 2 is 1.72 bits per heavy atom. The highest BCUT2D eigenvalue weighted by Gasteiger charge is 2.34. The number of hydrogen-bond donors (Lipinski definition) is 3. The number of nitrogens with one attached hydrogen (secondary N) is 2. The van der Waals surface area contributed by atoms with Gasteiger partial charge < -0.3 is 15.7 Å². The summed E-state index contributed by atoms with van der Waals surface area (Å²) in [6.07, 6.45) is 4.37. The third kappa shape index (κ3) is 5.17. The lowest BCUT2D eigenvalue weighted by Crippen LogP contribution is -2.40. The van der Waals surface area contributed by atoms with Crippen molar-refractivity contribution in [3.05, 3.63) is 42.0 Å². The first-order valence-electron chi connectivity index (χ1n) is 8.28. The normalized spacial score (nSPS) is 20.0. The standard InChI is InChI=1S/C19H24N2O4/c1-19(2,3)21-16(22)12-7-6-8-13(11-12)20-17(23)14-9-4-5-10-15(14)18(24)25/h4-8,11,14-15H,9-10H2,1-3H3,(H,20,23)(H,21,22)(H,24,25)/t14-,15-/m1/s1. The average Bonchev–Trinajstić information content (AvgIpc) is 2.53. The molecule has 134 valence electrons. The van der Waals surface area contributed by atoms with Gasteiger partial charge in [-0.1, -0.05) is 18.2 Å². The van der Waals surface area contributed by atoms with Gasteiger partial charge in [0.25, 0.3) is 5.91 Å². The van der Waals surface area contributed by atoms with Crippen LogP contribution in [-0.2, 0) is 9.59 Å². The van der Waals surface area contributed by atoms with Crippen molar-refractivity contribution < 1.29 is 19.5 Å². The lowest BCUT2D eigenvalue weighted by molar-refractivity contribution is -0.146. The van der Waals surface area contributed by atoms with Crippen molar-refractivity contribution in [3.63, 3.8) is 0 Å². The molecule has 0 saturated heterocycles. The van der Waals surface area contributed by atoms with Crippen LogP contribution in [-0.4, -0.2) is 28.4 Å². The molecule has 1 aliphatic carbocycles. The molecule has 0 radical (unpaired) electrons. The molecule has 0 aromatic heterocycles. The van der Waals surface area contributed by atoms with E-state index < -0.39 is 17.8 Å². The number of amides is 2. The molecule has 1 aromatic carbocycles. The molecular formula is C19H24N2O4. The molecule has 25 heavy (non-hydrogen) atoms. The number of carbonyl (C=O) groups excluding carboxylic acids is 2. The number of anilines is 1. The zero-order chi connectivity index (χ0) is 18.6. The minimum absolute atomic E-state index is 0.229. The van der Waals surface area contributed by atoms with Gasteiger partial charge in [-0.05, 0) is 51.8 Å². The quantitative estimate of drug-likeness (QED) is 0.732. The Kier molecular flexibility index (Phi) is 5.62. The van der Waals surface area contributed by atoms with E-state index in [-0.39, 0.29) is 17.4 Å². The van der Waals surface area contributed by atoms with Gasteiger partial charge in [-0.2, -0.15) is 0 Å². The van der Waals surface area contributed by atoms with Crippen LogP contribution in [0.4, 0.5) is 5.69 Å². The van der Waals surface area contributed by atoms with Crippen molar-refractivity contribution in [2.24, 2.45) is 11.8 Å². The van der Waals surface area contributed by atoms with Crippen molar-refractivity contribution in [3.8, 4) is 0 Å². The van der Waals surface area contributed by atoms with E-state index in [9.17, 15) is 19.5 Å². The van der Waals surface area contributed by atoms with Crippen molar-refractivity contribution in [2.75, 3.05) is 5.32 Å². The summed E-state index contributed by atoms with van der Waals surface area (Å²) >= 11 is 0. The minimum Gasteiger partial charge on any atom is -0.481 e. The van der Waals surface area contributed by atoms with E-state index in [2.05, 4.69) is 10.6 Å². The number of allylic oxidation sites excluding steroid dienone is 2. The summed E-state index contributed by atoms with van der Waals surface area (Å²) < 4.78 is 0. The van der Waals surface area contributed by atoms with E-state index in [1.807, 2.05) is 26.8 Å². The average molecular weight is 344 g/mol. The van der Waals surface area contributed by atoms with Crippen molar-refractivity contribution in [1.82, 2.24) is 5.32 Å². The molecule has 2 atom stereocenters. The second-order valence-corrected chi connectivity index (χ2v) is 7.27. The van der Waals surface area contributed by atoms with Gasteiger partial charge in [0.15, 0.2) is 0 Å². The van der Waals surface area contributed by atoms with E-state index in [0.717, 1.165) is 0 Å². The minimum atomic E-state index is -0.970. The monoisotopic (exact) mass is 344 g/mol. The Balaban J connectivity index is 2.11. The van der Waals surface area contributed by atoms with Crippen LogP contribution >= 0.6 is 0 Å². The molecule has 0 heterocycles. The van der Waals surface area contributed by atoms with Gasteiger partial charge >= 0.3 is 5.97 Å². The molecule has 3 N–H and O–H groups in total. The van der Waals surface area contributed by atoms with Crippen molar-refractivity contribution in [2.45, 2.75) is 39.2 Å². The molecule has 0 bridgehead atoms. The Morgan fingerprint density at radius 1 is 1.08 bits per heavy atom. The molecule has 2 amide bonds. The molecule has 0 spiro atoms. The van der Waals surface area contributed by atoms with Crippen LogP contribution in [0.2, 0.25) is 0 Å². The molecule has 1 aliphatic rings. The summed E-state index contributed by atoms with van der Waals surface area (Å²) in [6, 6.07) is 6.62. The first-order valence-corrected chi connectivity index (χ1v) is 8.28. The van der Waals surface area contributed by atoms with Crippen LogP contribution in [0.25, 0.3) is 0 Å². The van der Waals surface area contributed by atoms with Gasteiger partial charge in [0.1, 0.15) is 0 Å². The molecule has 6 heteroatoms. The molecule has 2 rings (SSSR count). The van der Waals surface area contributed by atoms with Gasteiger partial charge in [-0.25, -0.2) is 0 Å². The van der Waals surface area contributed by atoms with Gasteiger partial charge in [-0.15, -0.1) is 0 Å². The van der Waals surface area contributed by atoms with E-state index in [0.29, 0.717) is 24.1 Å². The predicted octanol–water partition coefficient (Wildman–Crippen LogP) is 2.82. The number of carboxylic acids is 1. The Labute approximate surface area is 147 Å². The fraction of sp³-hybridized carbons (Fsp3) is 0.421. The van der Waals surface area contributed by atoms with Gasteiger partial charge in [0, 0.05) is 16.8 Å². The number of carbonyl (C=O) groups is 3. The molecular weight excluding hydrogens is 320 g/mol. The summed E-state index contributed by atoms with van der Waals surface area (Å²) in [5.74, 6) is -2.88. The van der Waals surface area contributed by atoms with Crippen molar-refractivity contribution in [1.29, 1.82) is 0 Å². The van der Waals surface area contributed by atoms with Gasteiger partial charge in [-0.3, -0.25) is 14.4 Å². The molecule has 0 aliphatic heterocycles. The Morgan fingerprint density at radius 3 is 2.32 bits per heavy atom. The summed E-state index contributed by atoms with van der Waals surface area (Å²) in [6.45, 7) is 5.66. The van der Waals surface area contributed by atoms with Crippen LogP contribution in [0.15, 0.2) is 36.4 Å². The van der Waals surface area contributed by atoms with Crippen LogP contribution in [0.1, 0.15) is 44.0 Å². The second kappa shape index (κ2) is 7.51. The highest BCUT2D eigenvalue weighted by molar-refractivity contribution is 5.99. The maximum absolute atomic E-state index is 12.5. The smallest absolute Gasteiger partial charge is 0.307 e. The number of rotatable bonds is 4. The predicted molar refractivity (Wildman–Crippen MR) is 95.3 cm³/mol. The summed E-state index contributed by atoms with van der Waals surface area (Å²) in [5.41, 5.74) is 0.552. The number of hydrogen-bond acceptors (Lipinski definition) is 3. The molecule has 0 fully saturated rings. The zero-order valence-corrected chi connectivity index (χ0v) is 14.7. The maximum Gasteiger partial charge on any atom is 0.307 e. The van der Waals surface area contributed by atoms with Crippen molar-refractivity contribution >= 4 is 23.5 Å². The summed E-state index contributed by atoms with van der Waals surface area (Å²) in [7, 11) is 0. The fourth-order valence-electron chi connectivity index (χ4n) is 2.76. The number of benzene rings is 1. The zero-order valence-electron chi connectivity index (χ0n) is 14.7. The Bertz CT molecular complexity index is 704. The van der Waals surface area contributed by atoms with E-state index in [1.54, 1.807) is 30.3 Å². The summed E-state index contributed by atoms with van der Waals surface area (Å²) in [4.78, 5) is 36.0. The van der Waals surface area contributed by atoms with E-state index in [1.165, 1.54) is 0 Å². The second-order valence-electron chi connectivity index (χ2n) is 7.27. The summed E-state index contributed by atoms with van der Waals surface area (Å²) in [5, 5.41) is 14.9. The number of aliphatic carboxylic acids is 1. The molecule has 1 aromatic rings. The lowest BCUT2D eigenvalue weighted by Gasteiger charge is -2.24. The first-order chi connectivity index (χ1) is 11.7. The first kappa shape index (κ1) is 18.7. The van der Waals surface area contributed by atoms with Crippen LogP contribution < -0.4 is 10.6 Å². The molecule has 6 nitrogen and oxygen atoms in total. The van der Waals surface area contributed by atoms with Gasteiger partial charge in [0.05, 0.1) is 11.8 Å². The van der Waals surface area contributed by atoms with E-state index in [4.69, 9.17) is 0 Å². The maximum atomic E-state index is 12.5. The van der Waals surface area contributed by atoms with Crippen LogP contribution in [0.5, 0.6) is 0 Å². The van der Waals surface area contributed by atoms with Crippen LogP contribution in [0, 0.1) is 11.8 Å². The third-order valence-corrected chi connectivity index (χ3v) is 3.97. The number of carboxylic acid groups (broad SMARTS) is 1.